The van der Waals surface area contributed by atoms with Crippen LogP contribution in [0.25, 0.3) is 0 Å². The van der Waals surface area contributed by atoms with Crippen molar-refractivity contribution in [2.45, 2.75) is 40.2 Å². The Bertz CT molecular complexity index is 543. The summed E-state index contributed by atoms with van der Waals surface area (Å²) in [6.07, 6.45) is 3.22. The van der Waals surface area contributed by atoms with E-state index in [1.165, 1.54) is 11.1 Å². The average Bonchev–Trinajstić information content (AvgIpc) is 2.77. The van der Waals surface area contributed by atoms with E-state index in [9.17, 15) is 0 Å². The molecular weight excluding hydrogens is 234 g/mol. The average molecular weight is 257 g/mol. The van der Waals surface area contributed by atoms with Crippen molar-refractivity contribution in [3.63, 3.8) is 0 Å². The molecule has 0 saturated carbocycles. The molecule has 1 heterocycles. The lowest BCUT2D eigenvalue weighted by Crippen LogP contribution is -2.13. The van der Waals surface area contributed by atoms with Gasteiger partial charge in [-0.1, -0.05) is 31.2 Å². The lowest BCUT2D eigenvalue weighted by Gasteiger charge is -2.19. The molecule has 0 radical (unpaired) electrons. The number of aromatic nitrogens is 2. The number of aryl methyl sites for hydroxylation is 2. The van der Waals surface area contributed by atoms with Crippen molar-refractivity contribution in [3.8, 4) is 0 Å². The number of hydrogen-bond donors (Lipinski definition) is 1. The third-order valence-corrected chi connectivity index (χ3v) is 3.44. The Morgan fingerprint density at radius 3 is 2.68 bits per heavy atom. The zero-order valence-electron chi connectivity index (χ0n) is 12.3. The maximum absolute atomic E-state index is 4.58. The molecule has 3 heteroatoms. The summed E-state index contributed by atoms with van der Waals surface area (Å²) < 4.78 is 2.23. The molecule has 0 bridgehead atoms. The molecule has 0 aliphatic rings. The van der Waals surface area contributed by atoms with E-state index in [0.29, 0.717) is 6.04 Å². The number of hydrogen-bond acceptors (Lipinski definition) is 2. The first kappa shape index (κ1) is 13.7. The summed E-state index contributed by atoms with van der Waals surface area (Å²) in [5, 5.41) is 3.41. The van der Waals surface area contributed by atoms with E-state index in [1.54, 1.807) is 0 Å². The van der Waals surface area contributed by atoms with Crippen LogP contribution in [0.5, 0.6) is 0 Å². The van der Waals surface area contributed by atoms with E-state index in [-0.39, 0.29) is 0 Å². The van der Waals surface area contributed by atoms with Gasteiger partial charge in [-0.2, -0.15) is 0 Å². The second-order valence-electron chi connectivity index (χ2n) is 5.07. The van der Waals surface area contributed by atoms with E-state index >= 15 is 0 Å². The lowest BCUT2D eigenvalue weighted by atomic mass is 10.0. The SMILES string of the molecule is CCCNc1nc(C)cn1C(C)c1ccccc1C. The number of nitrogens with one attached hydrogen (secondary N) is 1. The monoisotopic (exact) mass is 257 g/mol. The van der Waals surface area contributed by atoms with Gasteiger partial charge in [0.05, 0.1) is 11.7 Å². The van der Waals surface area contributed by atoms with Gasteiger partial charge in [0, 0.05) is 12.7 Å². The standard InChI is InChI=1S/C16H23N3/c1-5-10-17-16-18-13(3)11-19(16)14(4)15-9-7-6-8-12(15)2/h6-9,11,14H,5,10H2,1-4H3,(H,17,18). The highest BCUT2D eigenvalue weighted by Gasteiger charge is 2.14. The first-order valence-electron chi connectivity index (χ1n) is 6.98. The predicted octanol–water partition coefficient (Wildman–Crippen LogP) is 3.93. The van der Waals surface area contributed by atoms with Crippen molar-refractivity contribution >= 4 is 5.95 Å². The number of nitrogens with zero attached hydrogens (tertiary/aromatic N) is 2. The van der Waals surface area contributed by atoms with Crippen LogP contribution in [-0.4, -0.2) is 16.1 Å². The minimum absolute atomic E-state index is 0.293. The number of rotatable bonds is 5. The van der Waals surface area contributed by atoms with Crippen molar-refractivity contribution in [1.82, 2.24) is 9.55 Å². The van der Waals surface area contributed by atoms with Crippen molar-refractivity contribution in [3.05, 3.63) is 47.3 Å². The largest absolute Gasteiger partial charge is 0.356 e. The van der Waals surface area contributed by atoms with Crippen LogP contribution in [0.2, 0.25) is 0 Å². The van der Waals surface area contributed by atoms with Crippen LogP contribution >= 0.6 is 0 Å². The van der Waals surface area contributed by atoms with Crippen LogP contribution in [-0.2, 0) is 0 Å². The molecule has 0 fully saturated rings. The molecule has 0 aliphatic heterocycles. The van der Waals surface area contributed by atoms with Gasteiger partial charge in [0.15, 0.2) is 0 Å². The summed E-state index contributed by atoms with van der Waals surface area (Å²) in [6.45, 7) is 9.54. The van der Waals surface area contributed by atoms with Gasteiger partial charge in [-0.3, -0.25) is 0 Å². The van der Waals surface area contributed by atoms with Crippen LogP contribution < -0.4 is 5.32 Å². The minimum Gasteiger partial charge on any atom is -0.356 e. The van der Waals surface area contributed by atoms with Gasteiger partial charge in [0.25, 0.3) is 0 Å². The topological polar surface area (TPSA) is 29.9 Å². The molecule has 1 unspecified atom stereocenters. The van der Waals surface area contributed by atoms with Gasteiger partial charge in [0.2, 0.25) is 5.95 Å². The van der Waals surface area contributed by atoms with E-state index < -0.39 is 0 Å². The van der Waals surface area contributed by atoms with Gasteiger partial charge in [-0.05, 0) is 38.3 Å². The van der Waals surface area contributed by atoms with Crippen molar-refractivity contribution in [2.24, 2.45) is 0 Å². The molecule has 19 heavy (non-hydrogen) atoms. The van der Waals surface area contributed by atoms with Crippen molar-refractivity contribution in [1.29, 1.82) is 0 Å². The number of imidazole rings is 1. The minimum atomic E-state index is 0.293. The molecule has 0 amide bonds. The first-order valence-corrected chi connectivity index (χ1v) is 6.98. The van der Waals surface area contributed by atoms with Gasteiger partial charge in [-0.15, -0.1) is 0 Å². The fraction of sp³-hybridized carbons (Fsp3) is 0.438. The molecule has 0 saturated heterocycles. The maximum atomic E-state index is 4.58. The summed E-state index contributed by atoms with van der Waals surface area (Å²) in [4.78, 5) is 4.58. The Balaban J connectivity index is 2.33. The molecule has 2 aromatic rings. The summed E-state index contributed by atoms with van der Waals surface area (Å²) in [6, 6.07) is 8.83. The molecule has 1 atom stereocenters. The van der Waals surface area contributed by atoms with E-state index in [2.05, 4.69) is 66.1 Å². The molecule has 1 N–H and O–H groups in total. The quantitative estimate of drug-likeness (QED) is 0.879. The highest BCUT2D eigenvalue weighted by atomic mass is 15.2. The van der Waals surface area contributed by atoms with Gasteiger partial charge in [0.1, 0.15) is 0 Å². The molecular formula is C16H23N3. The first-order chi connectivity index (χ1) is 9.13. The van der Waals surface area contributed by atoms with Crippen molar-refractivity contribution < 1.29 is 0 Å². The summed E-state index contributed by atoms with van der Waals surface area (Å²) >= 11 is 0. The molecule has 2 rings (SSSR count). The maximum Gasteiger partial charge on any atom is 0.203 e. The third kappa shape index (κ3) is 2.98. The van der Waals surface area contributed by atoms with Gasteiger partial charge in [-0.25, -0.2) is 4.98 Å². The Morgan fingerprint density at radius 1 is 1.26 bits per heavy atom. The number of anilines is 1. The number of benzene rings is 1. The Hall–Kier alpha value is -1.77. The van der Waals surface area contributed by atoms with E-state index in [4.69, 9.17) is 0 Å². The molecule has 3 nitrogen and oxygen atoms in total. The van der Waals surface area contributed by atoms with Crippen LogP contribution in [0.15, 0.2) is 30.5 Å². The molecule has 102 valence electrons. The summed E-state index contributed by atoms with van der Waals surface area (Å²) in [7, 11) is 0. The van der Waals surface area contributed by atoms with Gasteiger partial charge < -0.3 is 9.88 Å². The molecule has 0 aliphatic carbocycles. The van der Waals surface area contributed by atoms with Crippen LogP contribution in [0.4, 0.5) is 5.95 Å². The van der Waals surface area contributed by atoms with Crippen LogP contribution in [0.1, 0.15) is 43.1 Å². The second kappa shape index (κ2) is 5.91. The molecule has 1 aromatic carbocycles. The van der Waals surface area contributed by atoms with Crippen LogP contribution in [0, 0.1) is 13.8 Å². The summed E-state index contributed by atoms with van der Waals surface area (Å²) in [5.41, 5.74) is 3.72. The Morgan fingerprint density at radius 2 is 2.00 bits per heavy atom. The fourth-order valence-corrected chi connectivity index (χ4v) is 2.38. The highest BCUT2D eigenvalue weighted by molar-refractivity contribution is 5.35. The third-order valence-electron chi connectivity index (χ3n) is 3.44. The van der Waals surface area contributed by atoms with Crippen molar-refractivity contribution in [2.75, 3.05) is 11.9 Å². The highest BCUT2D eigenvalue weighted by Crippen LogP contribution is 2.25. The molecule has 0 spiro atoms. The summed E-state index contributed by atoms with van der Waals surface area (Å²) in [5.74, 6) is 0.968. The lowest BCUT2D eigenvalue weighted by molar-refractivity contribution is 0.638. The Labute approximate surface area is 115 Å². The van der Waals surface area contributed by atoms with Crippen LogP contribution in [0.3, 0.4) is 0 Å². The van der Waals surface area contributed by atoms with E-state index in [0.717, 1.165) is 24.6 Å². The molecule has 1 aromatic heterocycles. The van der Waals surface area contributed by atoms with Gasteiger partial charge >= 0.3 is 0 Å². The Kier molecular flexibility index (Phi) is 4.25. The second-order valence-corrected chi connectivity index (χ2v) is 5.07. The zero-order chi connectivity index (χ0) is 13.8. The normalized spacial score (nSPS) is 12.4. The fourth-order valence-electron chi connectivity index (χ4n) is 2.38. The smallest absolute Gasteiger partial charge is 0.203 e. The zero-order valence-corrected chi connectivity index (χ0v) is 12.3. The van der Waals surface area contributed by atoms with E-state index in [1.807, 2.05) is 6.92 Å². The predicted molar refractivity (Wildman–Crippen MR) is 80.7 cm³/mol.